The average molecular weight is 398 g/mol. The highest BCUT2D eigenvalue weighted by molar-refractivity contribution is 5.66. The standard InChI is InChI=1S/2C12H9NO2/c2*14-13(15)12-8-4-7-11(9-12)10-5-2-1-3-6-10/h2*1-9H. The molecular weight excluding hydrogens is 380 g/mol. The van der Waals surface area contributed by atoms with Crippen molar-refractivity contribution in [1.29, 1.82) is 0 Å². The normalized spacial score (nSPS) is 9.87. The van der Waals surface area contributed by atoms with Gasteiger partial charge in [-0.25, -0.2) is 0 Å². The Morgan fingerprint density at radius 3 is 1.10 bits per heavy atom. The molecule has 4 aromatic carbocycles. The molecule has 0 saturated carbocycles. The molecule has 148 valence electrons. The quantitative estimate of drug-likeness (QED) is 0.289. The fraction of sp³-hybridized carbons (Fsp3) is 0. The van der Waals surface area contributed by atoms with Gasteiger partial charge in [0.2, 0.25) is 0 Å². The van der Waals surface area contributed by atoms with Crippen LogP contribution in [0.3, 0.4) is 0 Å². The van der Waals surface area contributed by atoms with Crippen LogP contribution in [0.1, 0.15) is 0 Å². The van der Waals surface area contributed by atoms with Gasteiger partial charge in [0.15, 0.2) is 0 Å². The van der Waals surface area contributed by atoms with Gasteiger partial charge in [0.25, 0.3) is 11.4 Å². The third-order valence-corrected chi connectivity index (χ3v) is 4.33. The van der Waals surface area contributed by atoms with Crippen LogP contribution in [-0.2, 0) is 0 Å². The van der Waals surface area contributed by atoms with Crippen LogP contribution >= 0.6 is 0 Å². The maximum absolute atomic E-state index is 10.6. The highest BCUT2D eigenvalue weighted by Gasteiger charge is 2.07. The van der Waals surface area contributed by atoms with Crippen LogP contribution in [0.15, 0.2) is 109 Å². The zero-order valence-electron chi connectivity index (χ0n) is 15.9. The zero-order chi connectivity index (χ0) is 21.3. The largest absolute Gasteiger partial charge is 0.270 e. The molecule has 0 fully saturated rings. The highest BCUT2D eigenvalue weighted by Crippen LogP contribution is 2.24. The molecule has 4 aromatic rings. The van der Waals surface area contributed by atoms with Gasteiger partial charge in [0, 0.05) is 24.3 Å². The van der Waals surface area contributed by atoms with E-state index in [1.54, 1.807) is 24.3 Å². The van der Waals surface area contributed by atoms with Crippen molar-refractivity contribution in [1.82, 2.24) is 0 Å². The van der Waals surface area contributed by atoms with E-state index < -0.39 is 0 Å². The van der Waals surface area contributed by atoms with Gasteiger partial charge in [-0.05, 0) is 22.3 Å². The minimum atomic E-state index is -0.382. The topological polar surface area (TPSA) is 86.3 Å². The molecule has 0 aliphatic heterocycles. The number of hydrogen-bond donors (Lipinski definition) is 0. The average Bonchev–Trinajstić information content (AvgIpc) is 2.81. The van der Waals surface area contributed by atoms with Crippen molar-refractivity contribution >= 4 is 11.4 Å². The number of hydrogen-bond acceptors (Lipinski definition) is 4. The van der Waals surface area contributed by atoms with E-state index >= 15 is 0 Å². The van der Waals surface area contributed by atoms with Crippen LogP contribution in [0.25, 0.3) is 22.3 Å². The predicted molar refractivity (Wildman–Crippen MR) is 117 cm³/mol. The Morgan fingerprint density at radius 1 is 0.433 bits per heavy atom. The Hall–Kier alpha value is -4.32. The van der Waals surface area contributed by atoms with E-state index in [0.29, 0.717) is 0 Å². The summed E-state index contributed by atoms with van der Waals surface area (Å²) in [5.41, 5.74) is 3.95. The van der Waals surface area contributed by atoms with E-state index in [-0.39, 0.29) is 21.2 Å². The van der Waals surface area contributed by atoms with Crippen molar-refractivity contribution in [2.45, 2.75) is 0 Å². The fourth-order valence-electron chi connectivity index (χ4n) is 2.86. The molecule has 0 N–H and O–H groups in total. The van der Waals surface area contributed by atoms with Crippen LogP contribution in [0, 0.1) is 20.2 Å². The number of nitro benzene ring substituents is 2. The van der Waals surface area contributed by atoms with Crippen molar-refractivity contribution in [3.63, 3.8) is 0 Å². The lowest BCUT2D eigenvalue weighted by atomic mass is 10.1. The Morgan fingerprint density at radius 2 is 0.767 bits per heavy atom. The highest BCUT2D eigenvalue weighted by atomic mass is 16.6. The summed E-state index contributed by atoms with van der Waals surface area (Å²) in [5, 5.41) is 21.2. The molecule has 0 aromatic heterocycles. The van der Waals surface area contributed by atoms with E-state index in [2.05, 4.69) is 0 Å². The second kappa shape index (κ2) is 9.75. The molecule has 0 heterocycles. The van der Waals surface area contributed by atoms with Crippen molar-refractivity contribution < 1.29 is 9.85 Å². The SMILES string of the molecule is O=[N+]([O-])c1cccc(-c2ccccc2)c1.O=[N+]([O-])c1cccc(-c2ccccc2)c1. The number of nitro groups is 2. The maximum Gasteiger partial charge on any atom is 0.270 e. The summed E-state index contributed by atoms with van der Waals surface area (Å²) in [6, 6.07) is 32.5. The molecule has 0 aliphatic carbocycles. The molecule has 0 atom stereocenters. The van der Waals surface area contributed by atoms with E-state index in [1.807, 2.05) is 72.8 Å². The molecule has 4 rings (SSSR count). The summed E-state index contributed by atoms with van der Waals surface area (Å²) in [6.07, 6.45) is 0. The number of benzene rings is 4. The lowest BCUT2D eigenvalue weighted by molar-refractivity contribution is -0.385. The minimum absolute atomic E-state index is 0.122. The molecule has 0 bridgehead atoms. The Labute approximate surface area is 173 Å². The third kappa shape index (κ3) is 5.36. The van der Waals surface area contributed by atoms with E-state index in [4.69, 9.17) is 0 Å². The number of nitrogens with zero attached hydrogens (tertiary/aromatic N) is 2. The molecule has 0 amide bonds. The smallest absolute Gasteiger partial charge is 0.258 e. The van der Waals surface area contributed by atoms with Crippen molar-refractivity contribution in [3.05, 3.63) is 129 Å². The van der Waals surface area contributed by atoms with Gasteiger partial charge in [-0.3, -0.25) is 20.2 Å². The van der Waals surface area contributed by atoms with Gasteiger partial charge < -0.3 is 0 Å². The summed E-state index contributed by atoms with van der Waals surface area (Å²) < 4.78 is 0. The molecule has 0 spiro atoms. The first-order chi connectivity index (χ1) is 14.5. The molecule has 6 heteroatoms. The number of rotatable bonds is 4. The van der Waals surface area contributed by atoms with Crippen LogP contribution in [0.5, 0.6) is 0 Å². The van der Waals surface area contributed by atoms with Gasteiger partial charge >= 0.3 is 0 Å². The summed E-state index contributed by atoms with van der Waals surface area (Å²) >= 11 is 0. The first-order valence-electron chi connectivity index (χ1n) is 9.14. The van der Waals surface area contributed by atoms with Crippen molar-refractivity contribution in [2.75, 3.05) is 0 Å². The monoisotopic (exact) mass is 398 g/mol. The second-order valence-electron chi connectivity index (χ2n) is 6.35. The van der Waals surface area contributed by atoms with Gasteiger partial charge in [0.05, 0.1) is 9.85 Å². The minimum Gasteiger partial charge on any atom is -0.258 e. The van der Waals surface area contributed by atoms with Crippen molar-refractivity contribution in [3.8, 4) is 22.3 Å². The van der Waals surface area contributed by atoms with Crippen LogP contribution < -0.4 is 0 Å². The molecular formula is C24H18N2O4. The van der Waals surface area contributed by atoms with Crippen molar-refractivity contribution in [2.24, 2.45) is 0 Å². The zero-order valence-corrected chi connectivity index (χ0v) is 15.9. The lowest BCUT2D eigenvalue weighted by Crippen LogP contribution is -1.87. The fourth-order valence-corrected chi connectivity index (χ4v) is 2.86. The third-order valence-electron chi connectivity index (χ3n) is 4.33. The summed E-state index contributed by atoms with van der Waals surface area (Å²) in [6.45, 7) is 0. The summed E-state index contributed by atoms with van der Waals surface area (Å²) in [4.78, 5) is 20.4. The predicted octanol–water partition coefficient (Wildman–Crippen LogP) is 6.52. The molecule has 6 nitrogen and oxygen atoms in total. The van der Waals surface area contributed by atoms with E-state index in [0.717, 1.165) is 22.3 Å². The first kappa shape index (κ1) is 20.4. The Kier molecular flexibility index (Phi) is 6.63. The van der Waals surface area contributed by atoms with Gasteiger partial charge in [0.1, 0.15) is 0 Å². The Balaban J connectivity index is 0.000000171. The summed E-state index contributed by atoms with van der Waals surface area (Å²) in [5.74, 6) is 0. The molecule has 0 unspecified atom stereocenters. The van der Waals surface area contributed by atoms with Crippen LogP contribution in [0.2, 0.25) is 0 Å². The maximum atomic E-state index is 10.6. The van der Waals surface area contributed by atoms with Crippen LogP contribution in [-0.4, -0.2) is 9.85 Å². The molecule has 0 saturated heterocycles. The number of non-ortho nitro benzene ring substituents is 2. The molecule has 0 radical (unpaired) electrons. The lowest BCUT2D eigenvalue weighted by Gasteiger charge is -2.00. The first-order valence-corrected chi connectivity index (χ1v) is 9.14. The van der Waals surface area contributed by atoms with Gasteiger partial charge in [-0.1, -0.05) is 84.9 Å². The van der Waals surface area contributed by atoms with E-state index in [1.165, 1.54) is 12.1 Å². The Bertz CT molecular complexity index is 1050. The molecule has 30 heavy (non-hydrogen) atoms. The van der Waals surface area contributed by atoms with Gasteiger partial charge in [-0.15, -0.1) is 0 Å². The second-order valence-corrected chi connectivity index (χ2v) is 6.35. The summed E-state index contributed by atoms with van der Waals surface area (Å²) in [7, 11) is 0. The molecule has 0 aliphatic rings. The van der Waals surface area contributed by atoms with Gasteiger partial charge in [-0.2, -0.15) is 0 Å². The van der Waals surface area contributed by atoms with E-state index in [9.17, 15) is 20.2 Å². The van der Waals surface area contributed by atoms with Crippen LogP contribution in [0.4, 0.5) is 11.4 Å².